The molecule has 4 rings (SSSR count). The van der Waals surface area contributed by atoms with Gasteiger partial charge in [-0.25, -0.2) is 8.78 Å². The van der Waals surface area contributed by atoms with Crippen molar-refractivity contribution in [3.8, 4) is 11.5 Å². The molecule has 0 saturated carbocycles. The minimum absolute atomic E-state index is 0. The van der Waals surface area contributed by atoms with Crippen LogP contribution in [-0.4, -0.2) is 37.7 Å². The van der Waals surface area contributed by atoms with E-state index in [9.17, 15) is 8.78 Å². The normalized spacial score (nSPS) is 14.6. The van der Waals surface area contributed by atoms with Gasteiger partial charge in [0.05, 0.1) is 7.11 Å². The smallest absolute Gasteiger partial charge is 0.123 e. The average Bonchev–Trinajstić information content (AvgIpc) is 2.85. The summed E-state index contributed by atoms with van der Waals surface area (Å²) >= 11 is 0. The first-order chi connectivity index (χ1) is 16.1. The number of ether oxygens (including phenoxy) is 2. The second kappa shape index (κ2) is 13.0. The second-order valence-electron chi connectivity index (χ2n) is 8.63. The number of benzene rings is 3. The van der Waals surface area contributed by atoms with E-state index in [0.717, 1.165) is 67.9 Å². The van der Waals surface area contributed by atoms with Crippen molar-refractivity contribution >= 4 is 24.0 Å². The van der Waals surface area contributed by atoms with Gasteiger partial charge in [0, 0.05) is 19.0 Å². The van der Waals surface area contributed by atoms with Gasteiger partial charge >= 0.3 is 0 Å². The highest BCUT2D eigenvalue weighted by Gasteiger charge is 2.21. The lowest BCUT2D eigenvalue weighted by Crippen LogP contribution is -2.38. The maximum Gasteiger partial charge on any atom is 0.123 e. The van der Waals surface area contributed by atoms with Crippen LogP contribution in [-0.2, 0) is 0 Å². The molecule has 34 heavy (non-hydrogen) atoms. The van der Waals surface area contributed by atoms with Crippen molar-refractivity contribution in [3.05, 3.63) is 95.6 Å². The molecule has 0 aromatic heterocycles. The first-order valence-electron chi connectivity index (χ1n) is 11.6. The van der Waals surface area contributed by atoms with E-state index in [1.54, 1.807) is 7.11 Å². The van der Waals surface area contributed by atoms with Gasteiger partial charge in [-0.15, -0.1) is 24.0 Å². The third kappa shape index (κ3) is 7.40. The van der Waals surface area contributed by atoms with E-state index in [-0.39, 0.29) is 47.6 Å². The molecule has 1 heterocycles. The summed E-state index contributed by atoms with van der Waals surface area (Å²) in [6.45, 7) is 3.03. The predicted octanol–water partition coefficient (Wildman–Crippen LogP) is 7.05. The molecule has 3 aromatic rings. The lowest BCUT2D eigenvalue weighted by Gasteiger charge is -2.32. The Balaban J connectivity index is 0.00000324. The van der Waals surface area contributed by atoms with E-state index in [4.69, 9.17) is 9.47 Å². The molecule has 0 unspecified atom stereocenters. The van der Waals surface area contributed by atoms with Crippen LogP contribution in [0.4, 0.5) is 8.78 Å². The molecule has 1 aliphatic rings. The molecule has 1 fully saturated rings. The van der Waals surface area contributed by atoms with Crippen molar-refractivity contribution in [2.24, 2.45) is 0 Å². The minimum atomic E-state index is -0.240. The monoisotopic (exact) mass is 579 g/mol. The van der Waals surface area contributed by atoms with Crippen molar-refractivity contribution in [1.82, 2.24) is 4.90 Å². The van der Waals surface area contributed by atoms with Crippen molar-refractivity contribution in [2.75, 3.05) is 26.7 Å². The largest absolute Gasteiger partial charge is 0.497 e. The summed E-state index contributed by atoms with van der Waals surface area (Å²) < 4.78 is 38.2. The molecule has 0 spiro atoms. The highest BCUT2D eigenvalue weighted by atomic mass is 127. The van der Waals surface area contributed by atoms with Gasteiger partial charge in [0.2, 0.25) is 0 Å². The lowest BCUT2D eigenvalue weighted by molar-refractivity contribution is 0.0994. The van der Waals surface area contributed by atoms with Crippen molar-refractivity contribution in [1.29, 1.82) is 0 Å². The zero-order valence-electron chi connectivity index (χ0n) is 19.5. The van der Waals surface area contributed by atoms with Crippen LogP contribution >= 0.6 is 24.0 Å². The fourth-order valence-electron chi connectivity index (χ4n) is 4.53. The van der Waals surface area contributed by atoms with Crippen molar-refractivity contribution in [2.45, 2.75) is 37.7 Å². The van der Waals surface area contributed by atoms with Gasteiger partial charge in [-0.2, -0.15) is 0 Å². The Morgan fingerprint density at radius 2 is 1.29 bits per heavy atom. The molecule has 1 aliphatic heterocycles. The first-order valence-corrected chi connectivity index (χ1v) is 11.6. The van der Waals surface area contributed by atoms with Crippen LogP contribution in [0.2, 0.25) is 0 Å². The Kier molecular flexibility index (Phi) is 10.1. The van der Waals surface area contributed by atoms with Crippen LogP contribution in [0, 0.1) is 11.6 Å². The molecule has 3 nitrogen and oxygen atoms in total. The molecule has 0 bridgehead atoms. The molecular weight excluding hydrogens is 547 g/mol. The number of methoxy groups -OCH3 is 1. The molecule has 0 radical (unpaired) electrons. The third-order valence-electron chi connectivity index (χ3n) is 6.41. The zero-order valence-corrected chi connectivity index (χ0v) is 21.8. The van der Waals surface area contributed by atoms with E-state index in [1.807, 2.05) is 48.5 Å². The first kappa shape index (κ1) is 26.4. The Morgan fingerprint density at radius 1 is 0.794 bits per heavy atom. The number of hydrogen-bond acceptors (Lipinski definition) is 3. The summed E-state index contributed by atoms with van der Waals surface area (Å²) in [6, 6.07) is 21.1. The van der Waals surface area contributed by atoms with Crippen molar-refractivity contribution < 1.29 is 18.3 Å². The highest BCUT2D eigenvalue weighted by molar-refractivity contribution is 14.0. The Bertz CT molecular complexity index is 943. The van der Waals surface area contributed by atoms with Gasteiger partial charge in [-0.1, -0.05) is 24.3 Å². The molecule has 6 heteroatoms. The molecule has 1 saturated heterocycles. The lowest BCUT2D eigenvalue weighted by atomic mass is 9.87. The van der Waals surface area contributed by atoms with Gasteiger partial charge in [-0.05, 0) is 91.9 Å². The van der Waals surface area contributed by atoms with Gasteiger partial charge in [-0.3, -0.25) is 0 Å². The number of nitrogens with zero attached hydrogens (tertiary/aromatic N) is 1. The van der Waals surface area contributed by atoms with Crippen LogP contribution in [0.25, 0.3) is 0 Å². The summed E-state index contributed by atoms with van der Waals surface area (Å²) in [6.07, 6.45) is 4.19. The van der Waals surface area contributed by atoms with E-state index < -0.39 is 0 Å². The van der Waals surface area contributed by atoms with Gasteiger partial charge < -0.3 is 14.4 Å². The Morgan fingerprint density at radius 3 is 1.79 bits per heavy atom. The van der Waals surface area contributed by atoms with Crippen LogP contribution < -0.4 is 9.47 Å². The number of piperidine rings is 1. The summed E-state index contributed by atoms with van der Waals surface area (Å²) in [7, 11) is 1.66. The second-order valence-corrected chi connectivity index (χ2v) is 8.63. The summed E-state index contributed by atoms with van der Waals surface area (Å²) in [4.78, 5) is 2.49. The van der Waals surface area contributed by atoms with Gasteiger partial charge in [0.1, 0.15) is 29.2 Å². The maximum absolute atomic E-state index is 13.4. The van der Waals surface area contributed by atoms with E-state index >= 15 is 0 Å². The third-order valence-corrected chi connectivity index (χ3v) is 6.41. The highest BCUT2D eigenvalue weighted by Crippen LogP contribution is 2.30. The maximum atomic E-state index is 13.4. The molecule has 0 aliphatic carbocycles. The van der Waals surface area contributed by atoms with Crippen LogP contribution in [0.3, 0.4) is 0 Å². The van der Waals surface area contributed by atoms with Gasteiger partial charge in [0.25, 0.3) is 0 Å². The molecule has 182 valence electrons. The fourth-order valence-corrected chi connectivity index (χ4v) is 4.53. The van der Waals surface area contributed by atoms with E-state index in [1.165, 1.54) is 24.3 Å². The SMILES string of the molecule is COc1ccc(OC2CCN(CCCC(c3ccc(F)cc3)c3ccc(F)cc3)CC2)cc1.I. The number of rotatable bonds is 9. The average molecular weight is 579 g/mol. The Labute approximate surface area is 218 Å². The molecule has 3 aromatic carbocycles. The number of hydrogen-bond donors (Lipinski definition) is 0. The quantitative estimate of drug-likeness (QED) is 0.254. The molecule has 0 N–H and O–H groups in total. The standard InChI is InChI=1S/C28H31F2NO2.HI/c1-32-25-12-14-26(15-13-25)33-27-16-19-31(20-17-27)18-2-3-28(21-4-8-23(29)9-5-21)22-6-10-24(30)11-7-22;/h4-15,27-28H,2-3,16-20H2,1H3;1H. The van der Waals surface area contributed by atoms with Crippen LogP contribution in [0.1, 0.15) is 42.7 Å². The fraction of sp³-hybridized carbons (Fsp3) is 0.357. The van der Waals surface area contributed by atoms with E-state index in [2.05, 4.69) is 4.90 Å². The number of halogens is 3. The van der Waals surface area contributed by atoms with Crippen molar-refractivity contribution in [3.63, 3.8) is 0 Å². The predicted molar refractivity (Wildman–Crippen MR) is 142 cm³/mol. The van der Waals surface area contributed by atoms with Crippen LogP contribution in [0.5, 0.6) is 11.5 Å². The molecular formula is C28H32F2INO2. The summed E-state index contributed by atoms with van der Waals surface area (Å²) in [5.41, 5.74) is 2.13. The molecule has 0 atom stereocenters. The Hall–Kier alpha value is -2.19. The summed E-state index contributed by atoms with van der Waals surface area (Å²) in [5.74, 6) is 1.36. The van der Waals surface area contributed by atoms with Gasteiger partial charge in [0.15, 0.2) is 0 Å². The zero-order chi connectivity index (χ0) is 23.0. The topological polar surface area (TPSA) is 21.7 Å². The van der Waals surface area contributed by atoms with Crippen LogP contribution in [0.15, 0.2) is 72.8 Å². The molecule has 0 amide bonds. The summed E-state index contributed by atoms with van der Waals surface area (Å²) in [5, 5.41) is 0. The van der Waals surface area contributed by atoms with E-state index in [0.29, 0.717) is 0 Å². The minimum Gasteiger partial charge on any atom is -0.497 e. The number of likely N-dealkylation sites (tertiary alicyclic amines) is 1.